The molecule has 0 aliphatic rings. The van der Waals surface area contributed by atoms with Crippen LogP contribution in [0.5, 0.6) is 0 Å². The Bertz CT molecular complexity index is 300. The van der Waals surface area contributed by atoms with Crippen LogP contribution in [-0.2, 0) is 9.59 Å². The molecule has 0 aromatic heterocycles. The van der Waals surface area contributed by atoms with Crippen LogP contribution in [0.15, 0.2) is 0 Å². The predicted molar refractivity (Wildman–Crippen MR) is 78.2 cm³/mol. The Morgan fingerprint density at radius 1 is 0.955 bits per heavy atom. The lowest BCUT2D eigenvalue weighted by molar-refractivity contribution is -0.883. The van der Waals surface area contributed by atoms with E-state index in [0.717, 1.165) is 32.2 Å². The van der Waals surface area contributed by atoms with Gasteiger partial charge in [-0.1, -0.05) is 0 Å². The first-order valence-corrected chi connectivity index (χ1v) is 6.91. The van der Waals surface area contributed by atoms with Crippen LogP contribution in [0.1, 0.15) is 27.7 Å². The van der Waals surface area contributed by atoms with Crippen molar-refractivity contribution >= 4 is 11.9 Å². The van der Waals surface area contributed by atoms with Gasteiger partial charge in [0, 0.05) is 0 Å². The summed E-state index contributed by atoms with van der Waals surface area (Å²) in [6, 6.07) is 0. The Balaban J connectivity index is -0.000000247. The van der Waals surface area contributed by atoms with Gasteiger partial charge in [-0.2, -0.15) is 0 Å². The van der Waals surface area contributed by atoms with Crippen molar-refractivity contribution in [3.8, 4) is 0 Å². The molecule has 0 heterocycles. The van der Waals surface area contributed by atoms with Gasteiger partial charge in [-0.3, -0.25) is 0 Å². The van der Waals surface area contributed by atoms with Crippen molar-refractivity contribution in [3.63, 3.8) is 0 Å². The highest BCUT2D eigenvalue weighted by Gasteiger charge is 2.12. The van der Waals surface area contributed by atoms with Crippen LogP contribution in [0.2, 0.25) is 0 Å². The fourth-order valence-electron chi connectivity index (χ4n) is 0.516. The van der Waals surface area contributed by atoms with Crippen molar-refractivity contribution in [2.45, 2.75) is 38.9 Å². The minimum atomic E-state index is -1.69. The third kappa shape index (κ3) is 23.8. The highest BCUT2D eigenvalue weighted by Crippen LogP contribution is 1.96. The van der Waals surface area contributed by atoms with Crippen LogP contribution >= 0.6 is 0 Å². The molecule has 0 rings (SSSR count). The first kappa shape index (κ1) is 25.7. The van der Waals surface area contributed by atoms with Crippen molar-refractivity contribution in [1.29, 1.82) is 0 Å². The summed E-state index contributed by atoms with van der Waals surface area (Å²) in [6.07, 6.45) is 0. The van der Waals surface area contributed by atoms with Gasteiger partial charge in [-0.15, -0.1) is 0 Å². The zero-order valence-electron chi connectivity index (χ0n) is 15.0. The summed E-state index contributed by atoms with van der Waals surface area (Å²) in [6.45, 7) is 7.09. The number of carboxylic acids is 2. The first-order valence-electron chi connectivity index (χ1n) is 6.91. The number of aliphatic carboxylic acids is 2. The van der Waals surface area contributed by atoms with E-state index in [1.807, 2.05) is 0 Å². The van der Waals surface area contributed by atoms with Crippen molar-refractivity contribution in [2.75, 3.05) is 41.3 Å². The maximum absolute atomic E-state index is 9.66. The van der Waals surface area contributed by atoms with Gasteiger partial charge in [0.1, 0.15) is 13.1 Å². The van der Waals surface area contributed by atoms with E-state index >= 15 is 0 Å². The number of carbonyl (C=O) groups is 2. The molecule has 134 valence electrons. The van der Waals surface area contributed by atoms with E-state index in [1.54, 1.807) is 0 Å². The molecule has 0 fully saturated rings. The molecule has 0 radical (unpaired) electrons. The maximum Gasteiger partial charge on any atom is 0.128 e. The van der Waals surface area contributed by atoms with E-state index in [-0.39, 0.29) is 0 Å². The average molecular weight is 324 g/mol. The summed E-state index contributed by atoms with van der Waals surface area (Å²) >= 11 is 0. The van der Waals surface area contributed by atoms with Gasteiger partial charge in [0.05, 0.1) is 51.3 Å². The fraction of sp³-hybridized carbons (Fsp3) is 0.857. The SMILES string of the molecule is CC(C)(O)C(=O)[O-].CC(C)(O)C(=O)[O-].C[NH2+]CC[N+](C)(C)C. The van der Waals surface area contributed by atoms with E-state index < -0.39 is 23.1 Å². The summed E-state index contributed by atoms with van der Waals surface area (Å²) in [5.74, 6) is -2.90. The van der Waals surface area contributed by atoms with Gasteiger partial charge in [0.2, 0.25) is 0 Å². The van der Waals surface area contributed by atoms with Crippen LogP contribution in [0.25, 0.3) is 0 Å². The van der Waals surface area contributed by atoms with E-state index in [9.17, 15) is 19.8 Å². The number of rotatable bonds is 5. The van der Waals surface area contributed by atoms with Crippen molar-refractivity contribution in [2.24, 2.45) is 0 Å². The molecule has 8 heteroatoms. The number of carbonyl (C=O) groups excluding carboxylic acids is 2. The van der Waals surface area contributed by atoms with Crippen molar-refractivity contribution in [1.82, 2.24) is 0 Å². The zero-order valence-corrected chi connectivity index (χ0v) is 15.0. The van der Waals surface area contributed by atoms with Gasteiger partial charge < -0.3 is 39.8 Å². The molecule has 0 amide bonds. The molecule has 0 aromatic carbocycles. The third-order valence-corrected chi connectivity index (χ3v) is 2.09. The summed E-state index contributed by atoms with van der Waals surface area (Å²) in [5.41, 5.74) is -3.39. The molecule has 0 aliphatic carbocycles. The second-order valence-electron chi connectivity index (χ2n) is 6.90. The zero-order chi connectivity index (χ0) is 18.8. The quantitative estimate of drug-likeness (QED) is 0.440. The van der Waals surface area contributed by atoms with Gasteiger partial charge in [0.15, 0.2) is 0 Å². The maximum atomic E-state index is 9.66. The Morgan fingerprint density at radius 2 is 1.18 bits per heavy atom. The number of hydrogen-bond donors (Lipinski definition) is 3. The minimum absolute atomic E-state index is 1.07. The molecule has 4 N–H and O–H groups in total. The van der Waals surface area contributed by atoms with E-state index in [2.05, 4.69) is 33.5 Å². The summed E-state index contributed by atoms with van der Waals surface area (Å²) in [4.78, 5) is 19.3. The van der Waals surface area contributed by atoms with Crippen LogP contribution in [0, 0.1) is 0 Å². The smallest absolute Gasteiger partial charge is 0.128 e. The number of nitrogens with zero attached hydrogens (tertiary/aromatic N) is 1. The second kappa shape index (κ2) is 10.5. The van der Waals surface area contributed by atoms with Gasteiger partial charge in [-0.25, -0.2) is 0 Å². The monoisotopic (exact) mass is 324 g/mol. The molecule has 0 bridgehead atoms. The fourth-order valence-corrected chi connectivity index (χ4v) is 0.516. The van der Waals surface area contributed by atoms with Crippen molar-refractivity contribution in [3.05, 3.63) is 0 Å². The Hall–Kier alpha value is -1.22. The summed E-state index contributed by atoms with van der Waals surface area (Å²) in [7, 11) is 8.74. The Morgan fingerprint density at radius 3 is 1.23 bits per heavy atom. The molecule has 0 saturated heterocycles. The van der Waals surface area contributed by atoms with Crippen LogP contribution < -0.4 is 15.5 Å². The lowest BCUT2D eigenvalue weighted by Gasteiger charge is -2.21. The standard InChI is InChI=1S/C6H17N2.2C4H8O3/c1-7-5-6-8(2,3)4;2*1-4(2,7)3(5)6/h7H,5-6H2,1-4H3;2*7H,1-2H3,(H,5,6)/q+1;;/p-1. The van der Waals surface area contributed by atoms with E-state index in [1.165, 1.54) is 13.1 Å². The van der Waals surface area contributed by atoms with E-state index in [4.69, 9.17) is 10.2 Å². The Labute approximate surface area is 133 Å². The summed E-state index contributed by atoms with van der Waals surface area (Å²) in [5, 5.41) is 38.4. The summed E-state index contributed by atoms with van der Waals surface area (Å²) < 4.78 is 1.07. The Kier molecular flexibility index (Phi) is 12.3. The lowest BCUT2D eigenvalue weighted by atomic mass is 10.1. The molecule has 0 aliphatic heterocycles. The molecule has 0 spiro atoms. The number of likely N-dealkylation sites (N-methyl/N-ethyl adjacent to an activating group) is 2. The van der Waals surface area contributed by atoms with Crippen LogP contribution in [-0.4, -0.2) is 79.1 Å². The highest BCUT2D eigenvalue weighted by molar-refractivity contribution is 5.73. The number of nitrogens with two attached hydrogens (primary N) is 1. The molecule has 22 heavy (non-hydrogen) atoms. The molecular formula is C14H32N2O6. The molecule has 0 atom stereocenters. The molecule has 8 nitrogen and oxygen atoms in total. The molecule has 0 aromatic rings. The number of carboxylic acid groups (broad SMARTS) is 2. The van der Waals surface area contributed by atoms with E-state index in [0.29, 0.717) is 0 Å². The largest absolute Gasteiger partial charge is 0.547 e. The molecule has 0 unspecified atom stereocenters. The van der Waals surface area contributed by atoms with Crippen LogP contribution in [0.3, 0.4) is 0 Å². The lowest BCUT2D eigenvalue weighted by Crippen LogP contribution is -2.81. The third-order valence-electron chi connectivity index (χ3n) is 2.09. The topological polar surface area (TPSA) is 137 Å². The first-order chi connectivity index (χ1) is 9.45. The highest BCUT2D eigenvalue weighted by atomic mass is 16.4. The van der Waals surface area contributed by atoms with Crippen LogP contribution in [0.4, 0.5) is 0 Å². The normalized spacial score (nSPS) is 11.5. The number of quaternary nitrogens is 2. The van der Waals surface area contributed by atoms with Gasteiger partial charge in [0.25, 0.3) is 0 Å². The minimum Gasteiger partial charge on any atom is -0.547 e. The predicted octanol–water partition coefficient (Wildman–Crippen LogP) is -4.10. The van der Waals surface area contributed by atoms with Gasteiger partial charge >= 0.3 is 0 Å². The second-order valence-corrected chi connectivity index (χ2v) is 6.90. The van der Waals surface area contributed by atoms with Crippen molar-refractivity contribution < 1.29 is 39.8 Å². The number of aliphatic hydroxyl groups is 2. The molecular weight excluding hydrogens is 292 g/mol. The van der Waals surface area contributed by atoms with Gasteiger partial charge in [-0.05, 0) is 27.7 Å². The molecule has 0 saturated carbocycles. The number of hydrogen-bond acceptors (Lipinski definition) is 6. The average Bonchev–Trinajstić information content (AvgIpc) is 2.24.